The zero-order valence-corrected chi connectivity index (χ0v) is 9.74. The van der Waals surface area contributed by atoms with Gasteiger partial charge < -0.3 is 11.5 Å². The molecule has 1 heterocycles. The van der Waals surface area contributed by atoms with Crippen LogP contribution < -0.4 is 18.9 Å². The molecule has 2 aromatic rings. The van der Waals surface area contributed by atoms with Crippen molar-refractivity contribution in [2.24, 2.45) is 0 Å². The van der Waals surface area contributed by atoms with Crippen molar-refractivity contribution < 1.29 is 30.2 Å². The quantitative estimate of drug-likeness (QED) is 0.692. The fraction of sp³-hybridized carbons (Fsp3) is 0.250. The van der Waals surface area contributed by atoms with E-state index in [1.165, 1.54) is 0 Å². The van der Waals surface area contributed by atoms with E-state index >= 15 is 0 Å². The molecule has 0 aliphatic heterocycles. The SMILES string of the molecule is CC(C)c1c[nH]c2c(C(=O)O)cccc12.[H-].[Li+]. The van der Waals surface area contributed by atoms with Gasteiger partial charge in [0.15, 0.2) is 0 Å². The number of hydrogen-bond acceptors (Lipinski definition) is 1. The first-order chi connectivity index (χ1) is 7.11. The van der Waals surface area contributed by atoms with E-state index in [1.54, 1.807) is 12.1 Å². The van der Waals surface area contributed by atoms with Crippen molar-refractivity contribution in [3.8, 4) is 0 Å². The molecule has 0 saturated carbocycles. The molecular weight excluding hydrogens is 197 g/mol. The summed E-state index contributed by atoms with van der Waals surface area (Å²) in [7, 11) is 0. The first-order valence-electron chi connectivity index (χ1n) is 4.94. The van der Waals surface area contributed by atoms with Crippen LogP contribution in [-0.2, 0) is 0 Å². The molecule has 1 aromatic carbocycles. The molecule has 0 aliphatic carbocycles. The minimum absolute atomic E-state index is 0. The van der Waals surface area contributed by atoms with Crippen LogP contribution in [0, 0.1) is 0 Å². The molecule has 3 nitrogen and oxygen atoms in total. The summed E-state index contributed by atoms with van der Waals surface area (Å²) >= 11 is 0. The molecular formula is C12H14LiNO2. The fourth-order valence-corrected chi connectivity index (χ4v) is 1.83. The molecule has 0 amide bonds. The number of aromatic amines is 1. The Morgan fingerprint density at radius 2 is 2.12 bits per heavy atom. The third-order valence-corrected chi connectivity index (χ3v) is 2.60. The number of aromatic carboxylic acids is 1. The van der Waals surface area contributed by atoms with E-state index in [2.05, 4.69) is 18.8 Å². The Balaban J connectivity index is 0.00000128. The Kier molecular flexibility index (Phi) is 3.85. The van der Waals surface area contributed by atoms with Crippen molar-refractivity contribution in [1.29, 1.82) is 0 Å². The Morgan fingerprint density at radius 1 is 1.44 bits per heavy atom. The molecule has 2 rings (SSSR count). The molecule has 0 saturated heterocycles. The van der Waals surface area contributed by atoms with Crippen LogP contribution in [-0.4, -0.2) is 16.1 Å². The van der Waals surface area contributed by atoms with E-state index in [0.717, 1.165) is 10.9 Å². The van der Waals surface area contributed by atoms with Gasteiger partial charge in [0.1, 0.15) is 0 Å². The molecule has 0 aliphatic rings. The van der Waals surface area contributed by atoms with Crippen molar-refractivity contribution in [2.45, 2.75) is 19.8 Å². The molecule has 0 fully saturated rings. The maximum absolute atomic E-state index is 11.0. The molecule has 0 atom stereocenters. The van der Waals surface area contributed by atoms with Crippen LogP contribution in [0.4, 0.5) is 0 Å². The molecule has 16 heavy (non-hydrogen) atoms. The summed E-state index contributed by atoms with van der Waals surface area (Å²) in [4.78, 5) is 14.0. The van der Waals surface area contributed by atoms with Crippen LogP contribution in [0.25, 0.3) is 10.9 Å². The minimum Gasteiger partial charge on any atom is -1.00 e. The summed E-state index contributed by atoms with van der Waals surface area (Å²) < 4.78 is 0. The third-order valence-electron chi connectivity index (χ3n) is 2.60. The van der Waals surface area contributed by atoms with Crippen LogP contribution in [0.15, 0.2) is 24.4 Å². The first-order valence-corrected chi connectivity index (χ1v) is 4.94. The maximum atomic E-state index is 11.0. The number of H-pyrrole nitrogens is 1. The number of para-hydroxylation sites is 1. The number of benzene rings is 1. The molecule has 0 bridgehead atoms. The molecule has 0 spiro atoms. The smallest absolute Gasteiger partial charge is 1.00 e. The Bertz CT molecular complexity index is 522. The van der Waals surface area contributed by atoms with Gasteiger partial charge in [-0.05, 0) is 17.5 Å². The van der Waals surface area contributed by atoms with Gasteiger partial charge in [0.05, 0.1) is 11.1 Å². The first kappa shape index (κ1) is 12.9. The van der Waals surface area contributed by atoms with Gasteiger partial charge in [-0.3, -0.25) is 0 Å². The number of fused-ring (bicyclic) bond motifs is 1. The van der Waals surface area contributed by atoms with E-state index in [9.17, 15) is 4.79 Å². The van der Waals surface area contributed by atoms with Gasteiger partial charge in [-0.25, -0.2) is 4.79 Å². The predicted molar refractivity (Wildman–Crippen MR) is 60.5 cm³/mol. The summed E-state index contributed by atoms with van der Waals surface area (Å²) in [6, 6.07) is 5.35. The average Bonchev–Trinajstić information content (AvgIpc) is 2.59. The monoisotopic (exact) mass is 211 g/mol. The van der Waals surface area contributed by atoms with Crippen LogP contribution in [0.2, 0.25) is 0 Å². The second kappa shape index (κ2) is 4.78. The van der Waals surface area contributed by atoms with E-state index in [4.69, 9.17) is 5.11 Å². The number of rotatable bonds is 2. The number of carboxylic acids is 1. The topological polar surface area (TPSA) is 53.1 Å². The van der Waals surface area contributed by atoms with E-state index in [-0.39, 0.29) is 20.3 Å². The molecule has 1 aromatic heterocycles. The van der Waals surface area contributed by atoms with Crippen molar-refractivity contribution in [2.75, 3.05) is 0 Å². The largest absolute Gasteiger partial charge is 1.00 e. The van der Waals surface area contributed by atoms with E-state index in [1.807, 2.05) is 12.3 Å². The Morgan fingerprint density at radius 3 is 2.69 bits per heavy atom. The number of hydrogen-bond donors (Lipinski definition) is 2. The molecule has 0 radical (unpaired) electrons. The maximum Gasteiger partial charge on any atom is 1.00 e. The number of nitrogens with one attached hydrogen (secondary N) is 1. The molecule has 0 unspecified atom stereocenters. The number of carboxylic acid groups (broad SMARTS) is 1. The average molecular weight is 211 g/mol. The van der Waals surface area contributed by atoms with Crippen molar-refractivity contribution in [1.82, 2.24) is 4.98 Å². The van der Waals surface area contributed by atoms with E-state index in [0.29, 0.717) is 17.0 Å². The predicted octanol–water partition coefficient (Wildman–Crippen LogP) is 0.106. The standard InChI is InChI=1S/C12H13NO2.Li.H/c1-7(2)10-6-13-11-8(10)4-3-5-9(11)12(14)15;;/h3-7,13H,1-2H3,(H,14,15);;/q;+1;-1. The fourth-order valence-electron chi connectivity index (χ4n) is 1.83. The number of carbonyl (C=O) groups is 1. The van der Waals surface area contributed by atoms with Crippen molar-refractivity contribution in [3.05, 3.63) is 35.5 Å². The zero-order valence-electron chi connectivity index (χ0n) is 10.7. The van der Waals surface area contributed by atoms with Crippen LogP contribution in [0.1, 0.15) is 37.1 Å². The van der Waals surface area contributed by atoms with Gasteiger partial charge >= 0.3 is 24.8 Å². The zero-order chi connectivity index (χ0) is 11.0. The second-order valence-corrected chi connectivity index (χ2v) is 3.93. The number of aromatic nitrogens is 1. The van der Waals surface area contributed by atoms with Gasteiger partial charge in [-0.1, -0.05) is 26.0 Å². The normalized spacial score (nSPS) is 10.4. The van der Waals surface area contributed by atoms with Crippen LogP contribution in [0.3, 0.4) is 0 Å². The summed E-state index contributed by atoms with van der Waals surface area (Å²) in [5.74, 6) is -0.499. The van der Waals surface area contributed by atoms with Crippen molar-refractivity contribution >= 4 is 16.9 Å². The van der Waals surface area contributed by atoms with Crippen LogP contribution in [0.5, 0.6) is 0 Å². The summed E-state index contributed by atoms with van der Waals surface area (Å²) in [5.41, 5.74) is 2.21. The summed E-state index contributed by atoms with van der Waals surface area (Å²) in [6.45, 7) is 4.19. The van der Waals surface area contributed by atoms with Crippen molar-refractivity contribution in [3.63, 3.8) is 0 Å². The van der Waals surface area contributed by atoms with Gasteiger partial charge in [0, 0.05) is 11.6 Å². The van der Waals surface area contributed by atoms with Gasteiger partial charge in [0.2, 0.25) is 0 Å². The van der Waals surface area contributed by atoms with Gasteiger partial charge in [0.25, 0.3) is 0 Å². The second-order valence-electron chi connectivity index (χ2n) is 3.93. The Hall–Kier alpha value is -1.17. The van der Waals surface area contributed by atoms with Gasteiger partial charge in [-0.2, -0.15) is 0 Å². The summed E-state index contributed by atoms with van der Waals surface area (Å²) in [5, 5.41) is 10.0. The minimum atomic E-state index is -0.891. The summed E-state index contributed by atoms with van der Waals surface area (Å²) in [6.07, 6.45) is 1.89. The third kappa shape index (κ3) is 2.02. The molecule has 2 N–H and O–H groups in total. The van der Waals surface area contributed by atoms with E-state index < -0.39 is 5.97 Å². The van der Waals surface area contributed by atoms with Crippen LogP contribution >= 0.6 is 0 Å². The molecule has 80 valence electrons. The Labute approximate surface area is 108 Å². The molecule has 4 heteroatoms. The van der Waals surface area contributed by atoms with Gasteiger partial charge in [-0.15, -0.1) is 0 Å².